The third-order valence-corrected chi connectivity index (χ3v) is 4.35. The van der Waals surface area contributed by atoms with Gasteiger partial charge in [-0.25, -0.2) is 4.98 Å². The summed E-state index contributed by atoms with van der Waals surface area (Å²) in [5.41, 5.74) is 2.16. The molecule has 5 nitrogen and oxygen atoms in total. The van der Waals surface area contributed by atoms with Gasteiger partial charge in [-0.15, -0.1) is 0 Å². The summed E-state index contributed by atoms with van der Waals surface area (Å²) in [4.78, 5) is 18.3. The summed E-state index contributed by atoms with van der Waals surface area (Å²) in [5, 5.41) is 8.79. The lowest BCUT2D eigenvalue weighted by molar-refractivity contribution is 0.0523. The second kappa shape index (κ2) is 8.41. The first-order valence-corrected chi connectivity index (χ1v) is 8.57. The molecule has 1 saturated heterocycles. The largest absolute Gasteiger partial charge is 0.376 e. The van der Waals surface area contributed by atoms with Crippen molar-refractivity contribution in [1.29, 1.82) is 5.26 Å². The Labute approximate surface area is 147 Å². The quantitative estimate of drug-likeness (QED) is 0.761. The average molecular weight is 335 g/mol. The number of aromatic nitrogens is 1. The lowest BCUT2D eigenvalue weighted by atomic mass is 10.1. The molecule has 1 aromatic heterocycles. The summed E-state index contributed by atoms with van der Waals surface area (Å²) in [5.74, 6) is -0.0973. The number of carbonyl (C=O) groups is 1. The lowest BCUT2D eigenvalue weighted by Crippen LogP contribution is -2.30. The zero-order valence-corrected chi connectivity index (χ0v) is 14.1. The molecule has 0 aliphatic carbocycles. The molecule has 1 aromatic carbocycles. The third-order valence-electron chi connectivity index (χ3n) is 4.35. The Morgan fingerprint density at radius 3 is 2.84 bits per heavy atom. The average Bonchev–Trinajstić information content (AvgIpc) is 3.14. The van der Waals surface area contributed by atoms with Crippen LogP contribution < -0.4 is 0 Å². The highest BCUT2D eigenvalue weighted by molar-refractivity contribution is 5.92. The maximum absolute atomic E-state index is 12.4. The van der Waals surface area contributed by atoms with Crippen LogP contribution in [0.25, 0.3) is 0 Å². The van der Waals surface area contributed by atoms with Crippen molar-refractivity contribution in [2.75, 3.05) is 19.7 Å². The van der Waals surface area contributed by atoms with Crippen molar-refractivity contribution in [3.05, 3.63) is 65.5 Å². The Kier molecular flexibility index (Phi) is 5.76. The Bertz CT molecular complexity index is 738. The first kappa shape index (κ1) is 17.1. The molecule has 3 rings (SSSR count). The van der Waals surface area contributed by atoms with E-state index in [2.05, 4.69) is 17.1 Å². The summed E-state index contributed by atoms with van der Waals surface area (Å²) in [6, 6.07) is 15.6. The standard InChI is InChI=1S/C20H21N3O2/c21-13-17-8-9-19(22-14-17)20(24)23-11-10-18(15-23)25-12-4-7-16-5-2-1-3-6-16/h1-3,5-6,8-9,14,18H,4,7,10-12,15H2/t18-/m1/s1. The fraction of sp³-hybridized carbons (Fsp3) is 0.350. The molecule has 0 unspecified atom stereocenters. The summed E-state index contributed by atoms with van der Waals surface area (Å²) in [6.07, 6.45) is 4.36. The van der Waals surface area contributed by atoms with Crippen molar-refractivity contribution >= 4 is 5.91 Å². The van der Waals surface area contributed by atoms with E-state index in [9.17, 15) is 4.79 Å². The maximum Gasteiger partial charge on any atom is 0.272 e. The van der Waals surface area contributed by atoms with Gasteiger partial charge < -0.3 is 9.64 Å². The number of amides is 1. The molecule has 1 atom stereocenters. The van der Waals surface area contributed by atoms with E-state index in [-0.39, 0.29) is 12.0 Å². The van der Waals surface area contributed by atoms with Crippen LogP contribution in [-0.4, -0.2) is 41.6 Å². The number of carbonyl (C=O) groups excluding carboxylic acids is 1. The van der Waals surface area contributed by atoms with Gasteiger partial charge in [0.1, 0.15) is 11.8 Å². The number of pyridine rings is 1. The molecule has 2 heterocycles. The lowest BCUT2D eigenvalue weighted by Gasteiger charge is -2.16. The van der Waals surface area contributed by atoms with Gasteiger partial charge in [0.05, 0.1) is 11.7 Å². The molecule has 5 heteroatoms. The molecule has 0 saturated carbocycles. The first-order chi connectivity index (χ1) is 12.3. The SMILES string of the molecule is N#Cc1ccc(C(=O)N2CC[C@@H](OCCCc3ccccc3)C2)nc1. The number of hydrogen-bond acceptors (Lipinski definition) is 4. The molecule has 1 fully saturated rings. The van der Waals surface area contributed by atoms with Crippen LogP contribution in [0.5, 0.6) is 0 Å². The van der Waals surface area contributed by atoms with Crippen molar-refractivity contribution in [3.8, 4) is 6.07 Å². The summed E-state index contributed by atoms with van der Waals surface area (Å²) in [7, 11) is 0. The predicted molar refractivity (Wildman–Crippen MR) is 94.0 cm³/mol. The zero-order valence-electron chi connectivity index (χ0n) is 14.1. The highest BCUT2D eigenvalue weighted by Crippen LogP contribution is 2.16. The van der Waals surface area contributed by atoms with Gasteiger partial charge in [0.15, 0.2) is 0 Å². The summed E-state index contributed by atoms with van der Waals surface area (Å²) in [6.45, 7) is 1.99. The molecule has 0 spiro atoms. The number of nitriles is 1. The fourth-order valence-corrected chi connectivity index (χ4v) is 2.97. The van der Waals surface area contributed by atoms with E-state index < -0.39 is 0 Å². The Balaban J connectivity index is 1.42. The van der Waals surface area contributed by atoms with Crippen LogP contribution in [0, 0.1) is 11.3 Å². The third kappa shape index (κ3) is 4.65. The van der Waals surface area contributed by atoms with Crippen molar-refractivity contribution in [1.82, 2.24) is 9.88 Å². The van der Waals surface area contributed by atoms with E-state index in [4.69, 9.17) is 10.00 Å². The van der Waals surface area contributed by atoms with Crippen LogP contribution in [-0.2, 0) is 11.2 Å². The number of ether oxygens (including phenoxy) is 1. The molecule has 0 bridgehead atoms. The Hall–Kier alpha value is -2.71. The van der Waals surface area contributed by atoms with E-state index >= 15 is 0 Å². The normalized spacial score (nSPS) is 16.6. The molecule has 1 aliphatic rings. The molecular formula is C20H21N3O2. The monoisotopic (exact) mass is 335 g/mol. The number of hydrogen-bond donors (Lipinski definition) is 0. The number of rotatable bonds is 6. The summed E-state index contributed by atoms with van der Waals surface area (Å²) >= 11 is 0. The van der Waals surface area contributed by atoms with E-state index in [0.717, 1.165) is 19.3 Å². The van der Waals surface area contributed by atoms with E-state index in [1.165, 1.54) is 11.8 Å². The highest BCUT2D eigenvalue weighted by Gasteiger charge is 2.27. The van der Waals surface area contributed by atoms with E-state index in [1.54, 1.807) is 17.0 Å². The van der Waals surface area contributed by atoms with Crippen LogP contribution in [0.3, 0.4) is 0 Å². The van der Waals surface area contributed by atoms with Gasteiger partial charge in [-0.05, 0) is 37.0 Å². The van der Waals surface area contributed by atoms with E-state index in [0.29, 0.717) is 31.0 Å². The second-order valence-electron chi connectivity index (χ2n) is 6.17. The molecule has 1 aliphatic heterocycles. The van der Waals surface area contributed by atoms with Crippen molar-refractivity contribution in [2.45, 2.75) is 25.4 Å². The minimum atomic E-state index is -0.0973. The van der Waals surface area contributed by atoms with Gasteiger partial charge in [-0.2, -0.15) is 5.26 Å². The van der Waals surface area contributed by atoms with Gasteiger partial charge in [0.2, 0.25) is 0 Å². The topological polar surface area (TPSA) is 66.2 Å². The van der Waals surface area contributed by atoms with Crippen molar-refractivity contribution < 1.29 is 9.53 Å². The van der Waals surface area contributed by atoms with E-state index in [1.807, 2.05) is 24.3 Å². The molecule has 1 amide bonds. The second-order valence-corrected chi connectivity index (χ2v) is 6.17. The van der Waals surface area contributed by atoms with Crippen LogP contribution >= 0.6 is 0 Å². The molecular weight excluding hydrogens is 314 g/mol. The fourth-order valence-electron chi connectivity index (χ4n) is 2.97. The van der Waals surface area contributed by atoms with Crippen LogP contribution in [0.1, 0.15) is 34.5 Å². The minimum Gasteiger partial charge on any atom is -0.376 e. The van der Waals surface area contributed by atoms with Crippen molar-refractivity contribution in [2.24, 2.45) is 0 Å². The maximum atomic E-state index is 12.4. The molecule has 2 aromatic rings. The molecule has 0 N–H and O–H groups in total. The Morgan fingerprint density at radius 1 is 1.28 bits per heavy atom. The molecule has 25 heavy (non-hydrogen) atoms. The van der Waals surface area contributed by atoms with Crippen LogP contribution in [0.2, 0.25) is 0 Å². The molecule has 0 radical (unpaired) electrons. The Morgan fingerprint density at radius 2 is 2.12 bits per heavy atom. The van der Waals surface area contributed by atoms with Gasteiger partial charge >= 0.3 is 0 Å². The van der Waals surface area contributed by atoms with Gasteiger partial charge in [-0.3, -0.25) is 4.79 Å². The van der Waals surface area contributed by atoms with Gasteiger partial charge in [0, 0.05) is 25.9 Å². The number of aryl methyl sites for hydroxylation is 1. The predicted octanol–water partition coefficient (Wildman–Crippen LogP) is 2.82. The molecule has 128 valence electrons. The van der Waals surface area contributed by atoms with Crippen LogP contribution in [0.15, 0.2) is 48.7 Å². The number of nitrogens with zero attached hydrogens (tertiary/aromatic N) is 3. The minimum absolute atomic E-state index is 0.0955. The first-order valence-electron chi connectivity index (χ1n) is 8.57. The highest BCUT2D eigenvalue weighted by atomic mass is 16.5. The van der Waals surface area contributed by atoms with Gasteiger partial charge in [0.25, 0.3) is 5.91 Å². The van der Waals surface area contributed by atoms with Gasteiger partial charge in [-0.1, -0.05) is 30.3 Å². The number of benzene rings is 1. The number of likely N-dealkylation sites (tertiary alicyclic amines) is 1. The van der Waals surface area contributed by atoms with Crippen LogP contribution in [0.4, 0.5) is 0 Å². The van der Waals surface area contributed by atoms with Crippen molar-refractivity contribution in [3.63, 3.8) is 0 Å². The smallest absolute Gasteiger partial charge is 0.272 e. The summed E-state index contributed by atoms with van der Waals surface area (Å²) < 4.78 is 5.92. The zero-order chi connectivity index (χ0) is 17.5.